The van der Waals surface area contributed by atoms with Crippen molar-refractivity contribution in [2.24, 2.45) is 29.1 Å². The van der Waals surface area contributed by atoms with Gasteiger partial charge in [0.25, 0.3) is 0 Å². The van der Waals surface area contributed by atoms with Crippen molar-refractivity contribution in [3.05, 3.63) is 35.9 Å². The maximum absolute atomic E-state index is 13.2. The highest BCUT2D eigenvalue weighted by Crippen LogP contribution is 2.60. The number of carbonyl (C=O) groups excluding carboxylic acids is 2. The Balaban J connectivity index is 1.34. The zero-order chi connectivity index (χ0) is 17.9. The van der Waals surface area contributed by atoms with Gasteiger partial charge >= 0.3 is 0 Å². The van der Waals surface area contributed by atoms with Gasteiger partial charge in [-0.15, -0.1) is 0 Å². The summed E-state index contributed by atoms with van der Waals surface area (Å²) >= 11 is 0. The average Bonchev–Trinajstić information content (AvgIpc) is 2.88. The van der Waals surface area contributed by atoms with Crippen molar-refractivity contribution in [3.8, 4) is 0 Å². The van der Waals surface area contributed by atoms with E-state index < -0.39 is 0 Å². The van der Waals surface area contributed by atoms with Crippen LogP contribution in [0.1, 0.15) is 63.4 Å². The van der Waals surface area contributed by atoms with Crippen molar-refractivity contribution in [1.82, 2.24) is 4.90 Å². The van der Waals surface area contributed by atoms with Crippen LogP contribution >= 0.6 is 0 Å². The van der Waals surface area contributed by atoms with Crippen LogP contribution < -0.4 is 0 Å². The maximum Gasteiger partial charge on any atom is 0.233 e. The van der Waals surface area contributed by atoms with Crippen LogP contribution in [0.5, 0.6) is 0 Å². The molecule has 0 aromatic heterocycles. The lowest BCUT2D eigenvalue weighted by molar-refractivity contribution is -0.145. The zero-order valence-corrected chi connectivity index (χ0v) is 15.7. The Kier molecular flexibility index (Phi) is 3.77. The molecule has 3 nitrogen and oxygen atoms in total. The Morgan fingerprint density at radius 1 is 1.00 bits per heavy atom. The van der Waals surface area contributed by atoms with Crippen molar-refractivity contribution in [2.75, 3.05) is 6.54 Å². The van der Waals surface area contributed by atoms with E-state index in [-0.39, 0.29) is 29.1 Å². The summed E-state index contributed by atoms with van der Waals surface area (Å²) in [4.78, 5) is 27.6. The van der Waals surface area contributed by atoms with Gasteiger partial charge in [-0.1, -0.05) is 37.3 Å². The molecular formula is C23H29NO2. The summed E-state index contributed by atoms with van der Waals surface area (Å²) in [6.07, 6.45) is 8.32. The van der Waals surface area contributed by atoms with Crippen LogP contribution in [0.15, 0.2) is 30.3 Å². The van der Waals surface area contributed by atoms with Crippen molar-refractivity contribution >= 4 is 11.8 Å². The summed E-state index contributed by atoms with van der Waals surface area (Å²) < 4.78 is 0. The minimum Gasteiger partial charge on any atom is -0.282 e. The molecule has 1 saturated heterocycles. The highest BCUT2D eigenvalue weighted by Gasteiger charge is 2.53. The third-order valence-corrected chi connectivity index (χ3v) is 7.87. The summed E-state index contributed by atoms with van der Waals surface area (Å²) in [6, 6.07) is 10.2. The molecule has 4 bridgehead atoms. The van der Waals surface area contributed by atoms with Gasteiger partial charge in [-0.2, -0.15) is 0 Å². The number of nitrogens with zero attached hydrogens (tertiary/aromatic N) is 1. The fourth-order valence-corrected chi connectivity index (χ4v) is 7.07. The van der Waals surface area contributed by atoms with Gasteiger partial charge in [-0.3, -0.25) is 14.5 Å². The van der Waals surface area contributed by atoms with Crippen LogP contribution in [0.4, 0.5) is 0 Å². The molecule has 5 fully saturated rings. The normalized spacial score (nSPS) is 39.7. The standard InChI is InChI=1S/C23H29NO2/c1-15(19-5-3-2-4-6-19)20-10-21(25)24(22(20)26)14-23-11-16-7-17(12-23)9-18(8-16)13-23/h2-6,15-18,20H,7-14H2,1H3/t15-,16?,17?,18?,20+,23?/m0/s1. The first-order valence-electron chi connectivity index (χ1n) is 10.4. The van der Waals surface area contributed by atoms with E-state index in [0.29, 0.717) is 13.0 Å². The fraction of sp³-hybridized carbons (Fsp3) is 0.652. The summed E-state index contributed by atoms with van der Waals surface area (Å²) in [5.41, 5.74) is 1.40. The summed E-state index contributed by atoms with van der Waals surface area (Å²) in [6.45, 7) is 2.80. The van der Waals surface area contributed by atoms with Gasteiger partial charge in [-0.25, -0.2) is 0 Å². The molecule has 3 heteroatoms. The van der Waals surface area contributed by atoms with Crippen molar-refractivity contribution < 1.29 is 9.59 Å². The molecule has 2 atom stereocenters. The Hall–Kier alpha value is -1.64. The van der Waals surface area contributed by atoms with E-state index in [2.05, 4.69) is 19.1 Å². The van der Waals surface area contributed by atoms with Gasteiger partial charge < -0.3 is 0 Å². The molecule has 138 valence electrons. The Bertz CT molecular complexity index is 690. The van der Waals surface area contributed by atoms with E-state index in [1.165, 1.54) is 38.5 Å². The predicted octanol–water partition coefficient (Wildman–Crippen LogP) is 4.38. The first-order chi connectivity index (χ1) is 12.5. The van der Waals surface area contributed by atoms with Crippen molar-refractivity contribution in [3.63, 3.8) is 0 Å². The number of hydrogen-bond acceptors (Lipinski definition) is 2. The molecule has 5 aliphatic rings. The second kappa shape index (κ2) is 5.94. The maximum atomic E-state index is 13.2. The van der Waals surface area contributed by atoms with Crippen molar-refractivity contribution in [2.45, 2.75) is 57.8 Å². The topological polar surface area (TPSA) is 37.4 Å². The minimum absolute atomic E-state index is 0.0681. The van der Waals surface area contributed by atoms with Gasteiger partial charge in [0, 0.05) is 13.0 Å². The largest absolute Gasteiger partial charge is 0.282 e. The summed E-state index contributed by atoms with van der Waals surface area (Å²) in [7, 11) is 0. The molecule has 4 saturated carbocycles. The number of benzene rings is 1. The minimum atomic E-state index is -0.182. The van der Waals surface area contributed by atoms with Crippen LogP contribution in [-0.4, -0.2) is 23.3 Å². The lowest BCUT2D eigenvalue weighted by Gasteiger charge is -2.57. The molecule has 6 rings (SSSR count). The SMILES string of the molecule is C[C@@H](c1ccccc1)[C@H]1CC(=O)N(CC23CC4CC(CC(C4)C2)C3)C1=O. The van der Waals surface area contributed by atoms with E-state index in [1.54, 1.807) is 4.90 Å². The number of imide groups is 1. The van der Waals surface area contributed by atoms with E-state index >= 15 is 0 Å². The number of rotatable bonds is 4. The Morgan fingerprint density at radius 3 is 2.15 bits per heavy atom. The van der Waals surface area contributed by atoms with Gasteiger partial charge in [0.2, 0.25) is 11.8 Å². The molecule has 1 aliphatic heterocycles. The van der Waals surface area contributed by atoms with E-state index in [1.807, 2.05) is 18.2 Å². The predicted molar refractivity (Wildman–Crippen MR) is 100 cm³/mol. The number of carbonyl (C=O) groups is 2. The molecule has 1 aromatic carbocycles. The van der Waals surface area contributed by atoms with Crippen LogP contribution in [0.3, 0.4) is 0 Å². The summed E-state index contributed by atoms with van der Waals surface area (Å²) in [5.74, 6) is 2.64. The van der Waals surface area contributed by atoms with Crippen LogP contribution in [-0.2, 0) is 9.59 Å². The molecule has 4 aliphatic carbocycles. The van der Waals surface area contributed by atoms with Gasteiger partial charge in [0.15, 0.2) is 0 Å². The first kappa shape index (κ1) is 16.5. The Labute approximate surface area is 156 Å². The summed E-state index contributed by atoms with van der Waals surface area (Å²) in [5, 5.41) is 0. The quantitative estimate of drug-likeness (QED) is 0.755. The first-order valence-corrected chi connectivity index (χ1v) is 10.4. The molecule has 1 heterocycles. The third-order valence-electron chi connectivity index (χ3n) is 7.87. The number of likely N-dealkylation sites (tertiary alicyclic amines) is 1. The van der Waals surface area contributed by atoms with Crippen LogP contribution in [0.2, 0.25) is 0 Å². The third kappa shape index (κ3) is 2.62. The number of hydrogen-bond donors (Lipinski definition) is 0. The molecule has 1 aromatic rings. The van der Waals surface area contributed by atoms with E-state index in [9.17, 15) is 9.59 Å². The monoisotopic (exact) mass is 351 g/mol. The fourth-order valence-electron chi connectivity index (χ4n) is 7.07. The molecule has 0 N–H and O–H groups in total. The van der Waals surface area contributed by atoms with Crippen LogP contribution in [0, 0.1) is 29.1 Å². The average molecular weight is 351 g/mol. The number of amides is 2. The highest BCUT2D eigenvalue weighted by molar-refractivity contribution is 6.04. The molecule has 0 unspecified atom stereocenters. The van der Waals surface area contributed by atoms with Gasteiger partial charge in [0.1, 0.15) is 0 Å². The highest BCUT2D eigenvalue weighted by atomic mass is 16.2. The molecule has 2 amide bonds. The van der Waals surface area contributed by atoms with E-state index in [4.69, 9.17) is 0 Å². The Morgan fingerprint density at radius 2 is 1.58 bits per heavy atom. The second-order valence-electron chi connectivity index (χ2n) is 9.75. The molecule has 0 spiro atoms. The lowest BCUT2D eigenvalue weighted by atomic mass is 9.49. The van der Waals surface area contributed by atoms with Crippen molar-refractivity contribution in [1.29, 1.82) is 0 Å². The second-order valence-corrected chi connectivity index (χ2v) is 9.75. The lowest BCUT2D eigenvalue weighted by Crippen LogP contribution is -2.52. The van der Waals surface area contributed by atoms with Gasteiger partial charge in [0.05, 0.1) is 5.92 Å². The molecule has 0 radical (unpaired) electrons. The van der Waals surface area contributed by atoms with Crippen LogP contribution in [0.25, 0.3) is 0 Å². The van der Waals surface area contributed by atoms with E-state index in [0.717, 1.165) is 23.3 Å². The van der Waals surface area contributed by atoms with Gasteiger partial charge in [-0.05, 0) is 73.2 Å². The molecular weight excluding hydrogens is 322 g/mol. The smallest absolute Gasteiger partial charge is 0.233 e. The molecule has 26 heavy (non-hydrogen) atoms. The zero-order valence-electron chi connectivity index (χ0n) is 15.7.